The molecule has 142 valence electrons. The van der Waals surface area contributed by atoms with E-state index in [0.717, 1.165) is 6.07 Å². The molecule has 1 saturated heterocycles. The zero-order chi connectivity index (χ0) is 18.9. The third-order valence-electron chi connectivity index (χ3n) is 5.30. The predicted molar refractivity (Wildman–Crippen MR) is 85.4 cm³/mol. The molecule has 0 spiro atoms. The lowest BCUT2D eigenvalue weighted by atomic mass is 9.80. The number of benzene rings is 1. The van der Waals surface area contributed by atoms with Gasteiger partial charge in [-0.2, -0.15) is 13.2 Å². The molecule has 0 bridgehead atoms. The van der Waals surface area contributed by atoms with E-state index in [1.807, 2.05) is 0 Å². The smallest absolute Gasteiger partial charge is 0.416 e. The molecule has 2 unspecified atom stereocenters. The molecule has 26 heavy (non-hydrogen) atoms. The Morgan fingerprint density at radius 2 is 1.88 bits per heavy atom. The first-order valence-electron chi connectivity index (χ1n) is 8.49. The molecule has 1 aromatic rings. The molecule has 1 amide bonds. The topological polar surface area (TPSA) is 75.6 Å². The summed E-state index contributed by atoms with van der Waals surface area (Å²) in [6.07, 6.45) is -3.53. The van der Waals surface area contributed by atoms with Crippen molar-refractivity contribution in [1.29, 1.82) is 0 Å². The van der Waals surface area contributed by atoms with Gasteiger partial charge >= 0.3 is 12.1 Å². The number of carboxylic acids is 1. The number of alkyl halides is 3. The van der Waals surface area contributed by atoms with E-state index in [0.29, 0.717) is 32.5 Å². The fraction of sp³-hybridized carbons (Fsp3) is 0.556. The monoisotopic (exact) mass is 371 g/mol. The van der Waals surface area contributed by atoms with E-state index in [-0.39, 0.29) is 18.0 Å². The minimum Gasteiger partial charge on any atom is -0.481 e. The summed E-state index contributed by atoms with van der Waals surface area (Å²) in [5.41, 5.74) is -1.66. The molecule has 8 heteroatoms. The van der Waals surface area contributed by atoms with Gasteiger partial charge in [-0.1, -0.05) is 18.2 Å². The minimum atomic E-state index is -4.46. The lowest BCUT2D eigenvalue weighted by Crippen LogP contribution is -2.47. The highest BCUT2D eigenvalue weighted by Crippen LogP contribution is 2.51. The fourth-order valence-electron chi connectivity index (χ4n) is 3.52. The molecule has 1 aromatic carbocycles. The van der Waals surface area contributed by atoms with Crippen LogP contribution in [0.3, 0.4) is 0 Å². The molecule has 1 saturated carbocycles. The van der Waals surface area contributed by atoms with Crippen LogP contribution < -0.4 is 5.32 Å². The molecule has 3 rings (SSSR count). The third-order valence-corrected chi connectivity index (χ3v) is 5.30. The molecule has 2 aliphatic rings. The van der Waals surface area contributed by atoms with E-state index in [2.05, 4.69) is 5.32 Å². The van der Waals surface area contributed by atoms with Crippen LogP contribution in [-0.4, -0.2) is 36.7 Å². The Morgan fingerprint density at radius 1 is 1.23 bits per heavy atom. The van der Waals surface area contributed by atoms with Crippen LogP contribution in [-0.2, 0) is 20.5 Å². The Balaban J connectivity index is 1.64. The van der Waals surface area contributed by atoms with E-state index in [9.17, 15) is 27.9 Å². The fourth-order valence-corrected chi connectivity index (χ4v) is 3.52. The van der Waals surface area contributed by atoms with Crippen LogP contribution in [0.5, 0.6) is 0 Å². The maximum Gasteiger partial charge on any atom is 0.416 e. The van der Waals surface area contributed by atoms with Crippen molar-refractivity contribution in [3.63, 3.8) is 0 Å². The summed E-state index contributed by atoms with van der Waals surface area (Å²) in [6.45, 7) is 0.592. The number of halogens is 3. The Labute approximate surface area is 148 Å². The van der Waals surface area contributed by atoms with Crippen LogP contribution in [0.4, 0.5) is 13.2 Å². The van der Waals surface area contributed by atoms with Gasteiger partial charge in [0.2, 0.25) is 5.91 Å². The number of hydrogen-bond acceptors (Lipinski definition) is 3. The van der Waals surface area contributed by atoms with Crippen molar-refractivity contribution in [1.82, 2.24) is 5.32 Å². The Bertz CT molecular complexity index is 698. The number of carbonyl (C=O) groups excluding carboxylic acids is 1. The Hall–Kier alpha value is -2.09. The molecule has 2 fully saturated rings. The quantitative estimate of drug-likeness (QED) is 0.835. The number of ether oxygens (including phenoxy) is 1. The zero-order valence-electron chi connectivity index (χ0n) is 14.0. The lowest BCUT2D eigenvalue weighted by molar-refractivity contribution is -0.154. The minimum absolute atomic E-state index is 0.0331. The van der Waals surface area contributed by atoms with Crippen LogP contribution in [0.2, 0.25) is 0 Å². The molecule has 0 aromatic heterocycles. The predicted octanol–water partition coefficient (Wildman–Crippen LogP) is 2.81. The number of carbonyl (C=O) groups is 2. The van der Waals surface area contributed by atoms with E-state index in [4.69, 9.17) is 4.74 Å². The van der Waals surface area contributed by atoms with E-state index >= 15 is 0 Å². The molecule has 5 nitrogen and oxygen atoms in total. The van der Waals surface area contributed by atoms with Gasteiger partial charge in [-0.15, -0.1) is 0 Å². The second-order valence-electron chi connectivity index (χ2n) is 6.95. The van der Waals surface area contributed by atoms with Crippen molar-refractivity contribution in [3.8, 4) is 0 Å². The molecule has 0 radical (unpaired) electrons. The van der Waals surface area contributed by atoms with Gasteiger partial charge in [0.15, 0.2) is 0 Å². The molecule has 2 atom stereocenters. The van der Waals surface area contributed by atoms with Gasteiger partial charge in [0.25, 0.3) is 0 Å². The highest BCUT2D eigenvalue weighted by molar-refractivity contribution is 5.84. The first-order chi connectivity index (χ1) is 12.2. The van der Waals surface area contributed by atoms with Gasteiger partial charge in [0, 0.05) is 25.7 Å². The summed E-state index contributed by atoms with van der Waals surface area (Å²) in [7, 11) is 0. The standard InChI is InChI=1S/C18H20F3NO4/c19-18(20,21)14-4-2-1-3-11(14)12-9-13(12)15(23)22-10-17(16(24)25)5-7-26-8-6-17/h1-4,12-13H,5-10H2,(H,22,23)(H,24,25). The Morgan fingerprint density at radius 3 is 2.50 bits per heavy atom. The molecule has 1 aliphatic carbocycles. The maximum absolute atomic E-state index is 13.1. The van der Waals surface area contributed by atoms with Gasteiger partial charge in [0.05, 0.1) is 11.0 Å². The second kappa shape index (κ2) is 6.90. The first kappa shape index (κ1) is 18.7. The summed E-state index contributed by atoms with van der Waals surface area (Å²) in [6, 6.07) is 5.27. The van der Waals surface area contributed by atoms with Gasteiger partial charge < -0.3 is 15.2 Å². The average Bonchev–Trinajstić information content (AvgIpc) is 3.40. The zero-order valence-corrected chi connectivity index (χ0v) is 14.0. The summed E-state index contributed by atoms with van der Waals surface area (Å²) < 4.78 is 44.5. The number of hydrogen-bond donors (Lipinski definition) is 2. The van der Waals surface area contributed by atoms with Crippen molar-refractivity contribution < 1.29 is 32.6 Å². The molecular weight excluding hydrogens is 351 g/mol. The number of nitrogens with one attached hydrogen (secondary N) is 1. The number of aliphatic carboxylic acids is 1. The number of amides is 1. The van der Waals surface area contributed by atoms with Crippen LogP contribution in [0.15, 0.2) is 24.3 Å². The van der Waals surface area contributed by atoms with Crippen molar-refractivity contribution in [2.75, 3.05) is 19.8 Å². The highest BCUT2D eigenvalue weighted by atomic mass is 19.4. The lowest BCUT2D eigenvalue weighted by Gasteiger charge is -2.33. The first-order valence-corrected chi connectivity index (χ1v) is 8.49. The molecule has 2 N–H and O–H groups in total. The van der Waals surface area contributed by atoms with Crippen LogP contribution >= 0.6 is 0 Å². The van der Waals surface area contributed by atoms with Gasteiger partial charge in [-0.25, -0.2) is 0 Å². The summed E-state index contributed by atoms with van der Waals surface area (Å²) in [4.78, 5) is 23.9. The van der Waals surface area contributed by atoms with E-state index in [1.165, 1.54) is 18.2 Å². The number of rotatable bonds is 5. The third kappa shape index (κ3) is 3.70. The maximum atomic E-state index is 13.1. The van der Waals surface area contributed by atoms with Gasteiger partial charge in [0.1, 0.15) is 0 Å². The van der Waals surface area contributed by atoms with Crippen molar-refractivity contribution >= 4 is 11.9 Å². The number of carboxylic acid groups (broad SMARTS) is 1. The Kier molecular flexibility index (Phi) is 4.96. The summed E-state index contributed by atoms with van der Waals surface area (Å²) in [5, 5.41) is 12.1. The van der Waals surface area contributed by atoms with Crippen molar-refractivity contribution in [2.45, 2.75) is 31.4 Å². The van der Waals surface area contributed by atoms with E-state index in [1.54, 1.807) is 0 Å². The largest absolute Gasteiger partial charge is 0.481 e. The van der Waals surface area contributed by atoms with Gasteiger partial charge in [-0.3, -0.25) is 9.59 Å². The molecular formula is C18H20F3NO4. The summed E-state index contributed by atoms with van der Waals surface area (Å²) in [5.74, 6) is -2.41. The van der Waals surface area contributed by atoms with Crippen LogP contribution in [0.25, 0.3) is 0 Å². The van der Waals surface area contributed by atoms with E-state index < -0.39 is 35.0 Å². The normalized spacial score (nSPS) is 24.7. The van der Waals surface area contributed by atoms with Crippen molar-refractivity contribution in [2.24, 2.45) is 11.3 Å². The summed E-state index contributed by atoms with van der Waals surface area (Å²) >= 11 is 0. The average molecular weight is 371 g/mol. The van der Waals surface area contributed by atoms with Crippen molar-refractivity contribution in [3.05, 3.63) is 35.4 Å². The second-order valence-corrected chi connectivity index (χ2v) is 6.95. The molecule has 1 heterocycles. The van der Waals surface area contributed by atoms with Crippen LogP contribution in [0, 0.1) is 11.3 Å². The SMILES string of the molecule is O=C(NCC1(C(=O)O)CCOCC1)C1CC1c1ccccc1C(F)(F)F. The molecule has 1 aliphatic heterocycles. The van der Waals surface area contributed by atoms with Gasteiger partial charge in [-0.05, 0) is 36.8 Å². The highest BCUT2D eigenvalue weighted by Gasteiger charge is 2.49. The van der Waals surface area contributed by atoms with Crippen LogP contribution in [0.1, 0.15) is 36.3 Å².